The second kappa shape index (κ2) is 6.67. The van der Waals surface area contributed by atoms with Crippen LogP contribution in [-0.4, -0.2) is 47.2 Å². The van der Waals surface area contributed by atoms with Crippen LogP contribution in [0.3, 0.4) is 0 Å². The van der Waals surface area contributed by atoms with Gasteiger partial charge < -0.3 is 19.4 Å². The lowest BCUT2D eigenvalue weighted by Crippen LogP contribution is -2.33. The molecular weight excluding hydrogens is 388 g/mol. The highest BCUT2D eigenvalue weighted by Crippen LogP contribution is 2.40. The molecule has 1 saturated carbocycles. The van der Waals surface area contributed by atoms with Gasteiger partial charge in [0.15, 0.2) is 5.76 Å². The van der Waals surface area contributed by atoms with Gasteiger partial charge in [-0.05, 0) is 52.9 Å². The fourth-order valence-electron chi connectivity index (χ4n) is 3.89. The van der Waals surface area contributed by atoms with Gasteiger partial charge in [0, 0.05) is 31.1 Å². The molecule has 0 unspecified atom stereocenters. The number of aromatic nitrogens is 2. The number of carbonyl (C=O) groups excluding carboxylic acids is 1. The predicted molar refractivity (Wildman–Crippen MR) is 94.5 cm³/mol. The molecule has 1 aliphatic carbocycles. The lowest BCUT2D eigenvalue weighted by atomic mass is 9.98. The fraction of sp³-hybridized carbons (Fsp3) is 0.471. The van der Waals surface area contributed by atoms with Crippen molar-refractivity contribution in [2.24, 2.45) is 11.8 Å². The molecular formula is C17H19BrN4O3. The monoisotopic (exact) mass is 406 g/mol. The molecule has 1 N–H and O–H groups in total. The minimum absolute atomic E-state index is 0.0696. The third-order valence-electron chi connectivity index (χ3n) is 5.10. The number of hydrogen-bond donors (Lipinski definition) is 1. The Labute approximate surface area is 153 Å². The zero-order valence-electron chi connectivity index (χ0n) is 13.8. The van der Waals surface area contributed by atoms with Gasteiger partial charge in [0.1, 0.15) is 10.4 Å². The molecule has 0 spiro atoms. The van der Waals surface area contributed by atoms with Crippen molar-refractivity contribution in [3.8, 4) is 5.95 Å². The molecule has 3 heterocycles. The summed E-state index contributed by atoms with van der Waals surface area (Å²) in [6.07, 6.45) is 2.20. The number of nitrogens with one attached hydrogen (secondary N) is 1. The lowest BCUT2D eigenvalue weighted by Gasteiger charge is -2.21. The molecule has 2 aliphatic rings. The van der Waals surface area contributed by atoms with E-state index in [4.69, 9.17) is 9.15 Å². The molecule has 3 atom stereocenters. The average molecular weight is 407 g/mol. The quantitative estimate of drug-likeness (QED) is 0.840. The number of nitrogens with zero attached hydrogens (tertiary/aromatic N) is 3. The van der Waals surface area contributed by atoms with Crippen molar-refractivity contribution in [1.29, 1.82) is 0 Å². The van der Waals surface area contributed by atoms with Crippen molar-refractivity contribution in [2.75, 3.05) is 25.5 Å². The number of hydrogen-bond acceptors (Lipinski definition) is 6. The lowest BCUT2D eigenvalue weighted by molar-refractivity contribution is 0.0742. The van der Waals surface area contributed by atoms with Crippen molar-refractivity contribution in [3.05, 3.63) is 34.6 Å². The van der Waals surface area contributed by atoms with Crippen LogP contribution in [0.5, 0.6) is 5.95 Å². The zero-order valence-corrected chi connectivity index (χ0v) is 15.4. The summed E-state index contributed by atoms with van der Waals surface area (Å²) in [5, 5.41) is 11.6. The molecule has 8 heteroatoms. The number of rotatable bonds is 4. The number of amides is 1. The minimum Gasteiger partial charge on any atom is -0.468 e. The molecule has 0 bridgehead atoms. The first-order chi connectivity index (χ1) is 12.1. The van der Waals surface area contributed by atoms with Crippen LogP contribution in [0.25, 0.3) is 0 Å². The minimum atomic E-state index is -0.0696. The highest BCUT2D eigenvalue weighted by molar-refractivity contribution is 9.10. The summed E-state index contributed by atoms with van der Waals surface area (Å²) in [5.41, 5.74) is 0. The topological polar surface area (TPSA) is 80.5 Å². The van der Waals surface area contributed by atoms with Gasteiger partial charge in [-0.15, -0.1) is 10.2 Å². The van der Waals surface area contributed by atoms with Gasteiger partial charge in [-0.2, -0.15) is 0 Å². The van der Waals surface area contributed by atoms with E-state index in [1.54, 1.807) is 12.1 Å². The molecule has 4 rings (SSSR count). The van der Waals surface area contributed by atoms with Crippen LogP contribution in [0.4, 0.5) is 5.82 Å². The van der Waals surface area contributed by atoms with Crippen molar-refractivity contribution < 1.29 is 13.9 Å². The summed E-state index contributed by atoms with van der Waals surface area (Å²) in [6.45, 7) is 1.50. The molecule has 2 aromatic rings. The molecule has 132 valence electrons. The molecule has 1 aliphatic heterocycles. The van der Waals surface area contributed by atoms with E-state index in [2.05, 4.69) is 31.4 Å². The van der Waals surface area contributed by atoms with Gasteiger partial charge in [-0.25, -0.2) is 0 Å². The van der Waals surface area contributed by atoms with E-state index in [1.165, 1.54) is 7.11 Å². The number of methoxy groups -OCH3 is 1. The van der Waals surface area contributed by atoms with Crippen molar-refractivity contribution >= 4 is 27.7 Å². The number of ether oxygens (including phenoxy) is 1. The Hall–Kier alpha value is -2.09. The highest BCUT2D eigenvalue weighted by Gasteiger charge is 2.44. The number of fused-ring (bicyclic) bond motifs is 1. The number of likely N-dealkylation sites (tertiary alicyclic amines) is 1. The summed E-state index contributed by atoms with van der Waals surface area (Å²) >= 11 is 3.29. The number of carbonyl (C=O) groups is 1. The maximum absolute atomic E-state index is 12.6. The van der Waals surface area contributed by atoms with Crippen LogP contribution in [0.1, 0.15) is 23.4 Å². The number of anilines is 1. The van der Waals surface area contributed by atoms with Gasteiger partial charge in [0.25, 0.3) is 11.9 Å². The van der Waals surface area contributed by atoms with E-state index in [0.29, 0.717) is 34.2 Å². The average Bonchev–Trinajstić information content (AvgIpc) is 3.33. The Morgan fingerprint density at radius 1 is 1.28 bits per heavy atom. The van der Waals surface area contributed by atoms with Crippen LogP contribution < -0.4 is 10.1 Å². The van der Waals surface area contributed by atoms with Crippen LogP contribution in [0.2, 0.25) is 0 Å². The molecule has 0 aromatic carbocycles. The van der Waals surface area contributed by atoms with Crippen LogP contribution >= 0.6 is 15.9 Å². The van der Waals surface area contributed by atoms with Crippen LogP contribution in [0, 0.1) is 11.8 Å². The predicted octanol–water partition coefficient (Wildman–Crippen LogP) is 2.80. The third kappa shape index (κ3) is 3.22. The molecule has 2 aromatic heterocycles. The Morgan fingerprint density at radius 2 is 2.16 bits per heavy atom. The van der Waals surface area contributed by atoms with Crippen molar-refractivity contribution in [3.63, 3.8) is 0 Å². The molecule has 0 radical (unpaired) electrons. The van der Waals surface area contributed by atoms with E-state index >= 15 is 0 Å². The first kappa shape index (κ1) is 16.4. The van der Waals surface area contributed by atoms with Gasteiger partial charge in [-0.1, -0.05) is 0 Å². The van der Waals surface area contributed by atoms with Gasteiger partial charge in [-0.3, -0.25) is 4.79 Å². The molecule has 2 fully saturated rings. The van der Waals surface area contributed by atoms with Gasteiger partial charge in [0.2, 0.25) is 0 Å². The summed E-state index contributed by atoms with van der Waals surface area (Å²) in [7, 11) is 1.52. The summed E-state index contributed by atoms with van der Waals surface area (Å²) in [4.78, 5) is 14.5. The second-order valence-electron chi connectivity index (χ2n) is 6.53. The largest absolute Gasteiger partial charge is 0.468 e. The van der Waals surface area contributed by atoms with Crippen molar-refractivity contribution in [1.82, 2.24) is 15.1 Å². The van der Waals surface area contributed by atoms with Crippen LogP contribution in [-0.2, 0) is 0 Å². The smallest absolute Gasteiger partial charge is 0.289 e. The van der Waals surface area contributed by atoms with Gasteiger partial charge in [0.05, 0.1) is 7.11 Å². The summed E-state index contributed by atoms with van der Waals surface area (Å²) in [5.74, 6) is 2.33. The molecule has 1 saturated heterocycles. The first-order valence-electron chi connectivity index (χ1n) is 8.33. The third-order valence-corrected chi connectivity index (χ3v) is 5.53. The second-order valence-corrected chi connectivity index (χ2v) is 7.34. The van der Waals surface area contributed by atoms with Crippen LogP contribution in [0.15, 0.2) is 33.3 Å². The molecule has 1 amide bonds. The standard InChI is InChI=1S/C17H19BrN4O3/c1-24-16-7-4-13(25-16)17(23)22-8-10-2-3-12(11(10)9-22)19-15-6-5-14(18)20-21-15/h4-7,10-12H,2-3,8-9H2,1H3,(H,19,21)/t10-,11+,12+/m0/s1. The molecule has 25 heavy (non-hydrogen) atoms. The SMILES string of the molecule is COc1ccc(C(=O)N2C[C@@H]3CC[C@@H](Nc4ccc(Br)nn4)[C@@H]3C2)o1. The van der Waals surface area contributed by atoms with E-state index in [9.17, 15) is 4.79 Å². The van der Waals surface area contributed by atoms with E-state index in [-0.39, 0.29) is 5.91 Å². The maximum Gasteiger partial charge on any atom is 0.289 e. The summed E-state index contributed by atoms with van der Waals surface area (Å²) in [6, 6.07) is 7.43. The Kier molecular flexibility index (Phi) is 4.37. The normalized spacial score (nSPS) is 25.0. The van der Waals surface area contributed by atoms with E-state index in [1.807, 2.05) is 17.0 Å². The fourth-order valence-corrected chi connectivity index (χ4v) is 4.11. The number of halogens is 1. The molecule has 7 nitrogen and oxygen atoms in total. The Morgan fingerprint density at radius 3 is 2.88 bits per heavy atom. The van der Waals surface area contributed by atoms with Crippen molar-refractivity contribution in [2.45, 2.75) is 18.9 Å². The van der Waals surface area contributed by atoms with E-state index < -0.39 is 0 Å². The Balaban J connectivity index is 1.42. The number of furan rings is 1. The Bertz CT molecular complexity index is 764. The summed E-state index contributed by atoms with van der Waals surface area (Å²) < 4.78 is 11.1. The maximum atomic E-state index is 12.6. The highest BCUT2D eigenvalue weighted by atomic mass is 79.9. The van der Waals surface area contributed by atoms with E-state index in [0.717, 1.165) is 31.7 Å². The van der Waals surface area contributed by atoms with Gasteiger partial charge >= 0.3 is 0 Å². The first-order valence-corrected chi connectivity index (χ1v) is 9.12. The zero-order chi connectivity index (χ0) is 17.4.